The molecular weight excluding hydrogens is 234 g/mol. The highest BCUT2D eigenvalue weighted by molar-refractivity contribution is 5.71. The van der Waals surface area contributed by atoms with Crippen molar-refractivity contribution >= 4 is 0 Å². The van der Waals surface area contributed by atoms with E-state index in [9.17, 15) is 0 Å². The summed E-state index contributed by atoms with van der Waals surface area (Å²) in [7, 11) is 0. The van der Waals surface area contributed by atoms with Gasteiger partial charge in [0.1, 0.15) is 5.75 Å². The van der Waals surface area contributed by atoms with Crippen LogP contribution in [0.3, 0.4) is 0 Å². The van der Waals surface area contributed by atoms with Gasteiger partial charge in [-0.2, -0.15) is 0 Å². The van der Waals surface area contributed by atoms with Gasteiger partial charge in [-0.3, -0.25) is 0 Å². The minimum absolute atomic E-state index is 0.529. The first-order valence-corrected chi connectivity index (χ1v) is 6.76. The van der Waals surface area contributed by atoms with Gasteiger partial charge in [0, 0.05) is 18.5 Å². The topological polar surface area (TPSA) is 35.2 Å². The summed E-state index contributed by atoms with van der Waals surface area (Å²) in [5.74, 6) is 1.01. The van der Waals surface area contributed by atoms with Crippen LogP contribution in [0.25, 0.3) is 11.1 Å². The van der Waals surface area contributed by atoms with Gasteiger partial charge >= 0.3 is 0 Å². The molecule has 2 aromatic rings. The number of hydrogen-bond acceptors (Lipinski definition) is 2. The third-order valence-electron chi connectivity index (χ3n) is 4.00. The van der Waals surface area contributed by atoms with Crippen molar-refractivity contribution in [1.82, 2.24) is 0 Å². The van der Waals surface area contributed by atoms with E-state index < -0.39 is 0 Å². The number of fused-ring (bicyclic) bond motifs is 1. The lowest BCUT2D eigenvalue weighted by molar-refractivity contribution is 0.353. The Morgan fingerprint density at radius 3 is 2.84 bits per heavy atom. The molecule has 0 aromatic heterocycles. The highest BCUT2D eigenvalue weighted by Gasteiger charge is 2.18. The Bertz CT molecular complexity index is 631. The standard InChI is InChI=1S/C17H19NO/c1-11-4-3-5-16(12(11)2)14-8-13-6-7-19-17(13)15(9-14)10-18/h3-5,8-9H,6-7,10,18H2,1-2H3. The third-order valence-corrected chi connectivity index (χ3v) is 4.00. The normalized spacial score (nSPS) is 13.2. The van der Waals surface area contributed by atoms with E-state index >= 15 is 0 Å². The summed E-state index contributed by atoms with van der Waals surface area (Å²) in [6, 6.07) is 10.9. The lowest BCUT2D eigenvalue weighted by atomic mass is 9.93. The molecule has 1 heterocycles. The average Bonchev–Trinajstić information content (AvgIpc) is 2.89. The van der Waals surface area contributed by atoms with Crippen molar-refractivity contribution in [2.75, 3.05) is 6.61 Å². The monoisotopic (exact) mass is 253 g/mol. The van der Waals surface area contributed by atoms with Crippen molar-refractivity contribution in [2.45, 2.75) is 26.8 Å². The molecule has 0 atom stereocenters. The molecule has 0 aliphatic carbocycles. The molecule has 0 spiro atoms. The molecule has 0 saturated carbocycles. The van der Waals surface area contributed by atoms with Gasteiger partial charge in [-0.15, -0.1) is 0 Å². The quantitative estimate of drug-likeness (QED) is 0.890. The summed E-state index contributed by atoms with van der Waals surface area (Å²) in [5, 5.41) is 0. The zero-order chi connectivity index (χ0) is 13.4. The molecule has 2 aromatic carbocycles. The Morgan fingerprint density at radius 1 is 1.21 bits per heavy atom. The van der Waals surface area contributed by atoms with Crippen molar-refractivity contribution < 1.29 is 4.74 Å². The van der Waals surface area contributed by atoms with Crippen molar-refractivity contribution in [3.8, 4) is 16.9 Å². The fourth-order valence-corrected chi connectivity index (χ4v) is 2.76. The van der Waals surface area contributed by atoms with Crippen LogP contribution in [0.5, 0.6) is 5.75 Å². The molecule has 0 fully saturated rings. The fourth-order valence-electron chi connectivity index (χ4n) is 2.76. The molecule has 1 aliphatic rings. The predicted octanol–water partition coefficient (Wildman–Crippen LogP) is 3.36. The smallest absolute Gasteiger partial charge is 0.127 e. The lowest BCUT2D eigenvalue weighted by Crippen LogP contribution is -2.00. The van der Waals surface area contributed by atoms with Crippen LogP contribution in [0.15, 0.2) is 30.3 Å². The van der Waals surface area contributed by atoms with Crippen molar-refractivity contribution in [1.29, 1.82) is 0 Å². The van der Waals surface area contributed by atoms with Crippen LogP contribution >= 0.6 is 0 Å². The van der Waals surface area contributed by atoms with Gasteiger partial charge in [0.2, 0.25) is 0 Å². The molecule has 1 aliphatic heterocycles. The molecule has 2 nitrogen and oxygen atoms in total. The average molecular weight is 253 g/mol. The van der Waals surface area contributed by atoms with Gasteiger partial charge in [0.05, 0.1) is 6.61 Å². The summed E-state index contributed by atoms with van der Waals surface area (Å²) in [5.41, 5.74) is 13.5. The number of rotatable bonds is 2. The molecule has 98 valence electrons. The molecule has 19 heavy (non-hydrogen) atoms. The van der Waals surface area contributed by atoms with E-state index in [0.717, 1.165) is 24.3 Å². The predicted molar refractivity (Wildman–Crippen MR) is 78.4 cm³/mol. The van der Waals surface area contributed by atoms with E-state index in [2.05, 4.69) is 44.2 Å². The van der Waals surface area contributed by atoms with Gasteiger partial charge in [-0.1, -0.05) is 18.2 Å². The second-order valence-corrected chi connectivity index (χ2v) is 5.17. The largest absolute Gasteiger partial charge is 0.493 e. The first-order valence-electron chi connectivity index (χ1n) is 6.76. The Kier molecular flexibility index (Phi) is 3.03. The third kappa shape index (κ3) is 2.02. The maximum atomic E-state index is 5.86. The van der Waals surface area contributed by atoms with Crippen LogP contribution in [-0.2, 0) is 13.0 Å². The molecule has 2 N–H and O–H groups in total. The Hall–Kier alpha value is -1.80. The van der Waals surface area contributed by atoms with Crippen LogP contribution < -0.4 is 10.5 Å². The number of hydrogen-bond donors (Lipinski definition) is 1. The van der Waals surface area contributed by atoms with Gasteiger partial charge in [-0.05, 0) is 53.8 Å². The number of aryl methyl sites for hydroxylation is 1. The molecule has 0 radical (unpaired) electrons. The summed E-state index contributed by atoms with van der Waals surface area (Å²) in [6.45, 7) is 5.63. The molecule has 0 unspecified atom stereocenters. The molecule has 0 bridgehead atoms. The first-order chi connectivity index (χ1) is 9.20. The Morgan fingerprint density at radius 2 is 2.05 bits per heavy atom. The highest BCUT2D eigenvalue weighted by atomic mass is 16.5. The summed E-state index contributed by atoms with van der Waals surface area (Å²) >= 11 is 0. The van der Waals surface area contributed by atoms with Crippen LogP contribution in [0.2, 0.25) is 0 Å². The Labute approximate surface area is 114 Å². The Balaban J connectivity index is 2.18. The van der Waals surface area contributed by atoms with Crippen LogP contribution in [0, 0.1) is 13.8 Å². The maximum absolute atomic E-state index is 5.86. The zero-order valence-corrected chi connectivity index (χ0v) is 11.5. The lowest BCUT2D eigenvalue weighted by Gasteiger charge is -2.13. The maximum Gasteiger partial charge on any atom is 0.127 e. The zero-order valence-electron chi connectivity index (χ0n) is 11.5. The van der Waals surface area contributed by atoms with E-state index in [1.807, 2.05) is 0 Å². The molecule has 3 rings (SSSR count). The number of ether oxygens (including phenoxy) is 1. The second-order valence-electron chi connectivity index (χ2n) is 5.17. The van der Waals surface area contributed by atoms with Gasteiger partial charge in [0.25, 0.3) is 0 Å². The SMILES string of the molecule is Cc1cccc(-c2cc(CN)c3c(c2)CCO3)c1C. The fraction of sp³-hybridized carbons (Fsp3) is 0.294. The summed E-state index contributed by atoms with van der Waals surface area (Å²) < 4.78 is 5.69. The highest BCUT2D eigenvalue weighted by Crippen LogP contribution is 2.35. The molecule has 0 amide bonds. The second kappa shape index (κ2) is 4.71. The summed E-state index contributed by atoms with van der Waals surface area (Å²) in [6.07, 6.45) is 0.987. The minimum atomic E-state index is 0.529. The molecular formula is C17H19NO. The van der Waals surface area contributed by atoms with Crippen molar-refractivity contribution in [3.05, 3.63) is 52.6 Å². The minimum Gasteiger partial charge on any atom is -0.493 e. The van der Waals surface area contributed by atoms with Crippen LogP contribution in [-0.4, -0.2) is 6.61 Å². The van der Waals surface area contributed by atoms with Crippen LogP contribution in [0.4, 0.5) is 0 Å². The summed E-state index contributed by atoms with van der Waals surface area (Å²) in [4.78, 5) is 0. The van der Waals surface area contributed by atoms with E-state index in [1.54, 1.807) is 0 Å². The van der Waals surface area contributed by atoms with E-state index in [-0.39, 0.29) is 0 Å². The van der Waals surface area contributed by atoms with Gasteiger partial charge in [-0.25, -0.2) is 0 Å². The first kappa shape index (κ1) is 12.2. The van der Waals surface area contributed by atoms with E-state index in [0.29, 0.717) is 6.54 Å². The van der Waals surface area contributed by atoms with Gasteiger partial charge < -0.3 is 10.5 Å². The van der Waals surface area contributed by atoms with E-state index in [4.69, 9.17) is 10.5 Å². The van der Waals surface area contributed by atoms with Gasteiger partial charge in [0.15, 0.2) is 0 Å². The van der Waals surface area contributed by atoms with Crippen LogP contribution in [0.1, 0.15) is 22.3 Å². The number of nitrogens with two attached hydrogens (primary N) is 1. The van der Waals surface area contributed by atoms with E-state index in [1.165, 1.54) is 27.8 Å². The molecule has 2 heteroatoms. The number of benzene rings is 2. The van der Waals surface area contributed by atoms with Crippen molar-refractivity contribution in [3.63, 3.8) is 0 Å². The van der Waals surface area contributed by atoms with Crippen molar-refractivity contribution in [2.24, 2.45) is 5.73 Å². The molecule has 0 saturated heterocycles.